The largest absolute Gasteiger partial charge is 0.394 e. The maximum atomic E-state index is 13.2. The van der Waals surface area contributed by atoms with Gasteiger partial charge in [0, 0.05) is 13.8 Å². The zero-order valence-corrected chi connectivity index (χ0v) is 50.3. The zero-order chi connectivity index (χ0) is 69.2. The summed E-state index contributed by atoms with van der Waals surface area (Å²) in [6.07, 6.45) is -75.6. The first-order valence-electron chi connectivity index (χ1n) is 30.0. The number of amides is 2. The Bertz CT molecular complexity index is 2370. The summed E-state index contributed by atoms with van der Waals surface area (Å²) in [6.45, 7) is -4.06. The van der Waals surface area contributed by atoms with Crippen molar-refractivity contribution in [2.24, 2.45) is 0 Å². The summed E-state index contributed by atoms with van der Waals surface area (Å²) in [5, 5.41) is 255. The standard InChI is InChI=1S/C52H88N2O40/c1-11-23(63)30(70)36(76)49(81-11)94-44-32(72)25(65)15(5-56)86-52(44)93-43-28(68)20(10-80-48-35(75)31(71)24(64)14(4-55)84-48)88-51(38(43)78)91-41-22(54-13(3)62)47(83-16(6-57)26(41)66)89-39-19(9-60)87-46(21(29(39)69)53-12(2)61)92-42-27(67)17(7-58)85-50(37(42)77)90-40-18(8-59)82-45(79)34(74)33(40)73/h11,14-52,55-60,63-79H,4-10H2,1-3H3,(H,53,61)(H,54,62)/t11-,14-,15-,16-,17-,18-,19-,20-,21-,22-,23+,24+,25+,26+,27-,28+,29-,30+,31+,32+,33-,34-,35-,36-,37+,38-,39-,40-,41-,42+,43+,44-,45-,46+,47+,48-,49-,50+,51-,52+/m1/s1. The first-order chi connectivity index (χ1) is 44.4. The number of carbonyl (C=O) groups excluding carboxylic acids is 2. The average molecular weight is 1380 g/mol. The molecule has 42 nitrogen and oxygen atoms in total. The van der Waals surface area contributed by atoms with Gasteiger partial charge in [0.25, 0.3) is 0 Å². The van der Waals surface area contributed by atoms with Crippen molar-refractivity contribution in [2.75, 3.05) is 46.2 Å². The summed E-state index contributed by atoms with van der Waals surface area (Å²) < 4.78 is 87.0. The number of nitrogens with one attached hydrogen (secondary N) is 2. The molecular weight excluding hydrogens is 1290 g/mol. The molecule has 0 spiro atoms. The van der Waals surface area contributed by atoms with Gasteiger partial charge in [-0.25, -0.2) is 0 Å². The first-order valence-corrected chi connectivity index (χ1v) is 30.0. The fourth-order valence-corrected chi connectivity index (χ4v) is 12.1. The molecule has 8 rings (SSSR count). The van der Waals surface area contributed by atoms with Gasteiger partial charge in [0.15, 0.2) is 50.3 Å². The number of hydrogen-bond donors (Lipinski definition) is 25. The minimum absolute atomic E-state index is 0.920. The number of ether oxygens (including phenoxy) is 15. The minimum Gasteiger partial charge on any atom is -0.394 e. The van der Waals surface area contributed by atoms with E-state index in [0.717, 1.165) is 13.8 Å². The second kappa shape index (κ2) is 33.3. The Labute approximate surface area is 532 Å². The second-order valence-electron chi connectivity index (χ2n) is 23.9. The summed E-state index contributed by atoms with van der Waals surface area (Å²) >= 11 is 0. The van der Waals surface area contributed by atoms with Gasteiger partial charge in [-0.1, -0.05) is 0 Å². The van der Waals surface area contributed by atoms with Crippen molar-refractivity contribution in [3.05, 3.63) is 0 Å². The van der Waals surface area contributed by atoms with E-state index in [2.05, 4.69) is 10.6 Å². The molecule has 0 bridgehead atoms. The lowest BCUT2D eigenvalue weighted by Gasteiger charge is -2.51. The number of hydrogen-bond acceptors (Lipinski definition) is 40. The molecule has 8 fully saturated rings. The molecule has 0 aromatic heterocycles. The van der Waals surface area contributed by atoms with Gasteiger partial charge in [0.1, 0.15) is 189 Å². The van der Waals surface area contributed by atoms with Gasteiger partial charge in [0.05, 0.1) is 52.4 Å². The molecule has 0 saturated carbocycles. The maximum absolute atomic E-state index is 13.2. The molecule has 25 N–H and O–H groups in total. The van der Waals surface area contributed by atoms with Crippen LogP contribution in [-0.4, -0.2) is 421 Å². The van der Waals surface area contributed by atoms with E-state index in [1.54, 1.807) is 0 Å². The predicted molar refractivity (Wildman–Crippen MR) is 286 cm³/mol. The molecule has 8 aliphatic heterocycles. The van der Waals surface area contributed by atoms with Crippen LogP contribution < -0.4 is 10.6 Å². The van der Waals surface area contributed by atoms with Gasteiger partial charge in [-0.3, -0.25) is 9.59 Å². The van der Waals surface area contributed by atoms with Gasteiger partial charge in [-0.05, 0) is 6.92 Å². The van der Waals surface area contributed by atoms with Gasteiger partial charge in [-0.15, -0.1) is 0 Å². The van der Waals surface area contributed by atoms with Crippen LogP contribution in [0.2, 0.25) is 0 Å². The van der Waals surface area contributed by atoms with Crippen molar-refractivity contribution in [1.82, 2.24) is 10.6 Å². The van der Waals surface area contributed by atoms with Crippen molar-refractivity contribution in [1.29, 1.82) is 0 Å². The summed E-state index contributed by atoms with van der Waals surface area (Å²) in [6, 6.07) is -3.85. The van der Waals surface area contributed by atoms with E-state index in [9.17, 15) is 127 Å². The van der Waals surface area contributed by atoms with E-state index in [1.165, 1.54) is 6.92 Å². The van der Waals surface area contributed by atoms with Crippen LogP contribution in [-0.2, 0) is 80.6 Å². The summed E-state index contributed by atoms with van der Waals surface area (Å²) in [7, 11) is 0. The van der Waals surface area contributed by atoms with Crippen LogP contribution in [0.3, 0.4) is 0 Å². The monoisotopic (exact) mass is 1380 g/mol. The molecule has 40 atom stereocenters. The molecule has 8 saturated heterocycles. The Morgan fingerprint density at radius 1 is 0.298 bits per heavy atom. The number of rotatable bonds is 23. The first kappa shape index (κ1) is 77.2. The summed E-state index contributed by atoms with van der Waals surface area (Å²) in [5.41, 5.74) is 0. The number of carbonyl (C=O) groups is 2. The molecule has 8 aliphatic rings. The smallest absolute Gasteiger partial charge is 0.217 e. The van der Waals surface area contributed by atoms with Crippen molar-refractivity contribution in [2.45, 2.75) is 266 Å². The van der Waals surface area contributed by atoms with Crippen LogP contribution in [0.25, 0.3) is 0 Å². The average Bonchev–Trinajstić information content (AvgIpc) is 0.777. The van der Waals surface area contributed by atoms with Crippen LogP contribution in [0.4, 0.5) is 0 Å². The van der Waals surface area contributed by atoms with E-state index in [0.29, 0.717) is 0 Å². The number of aliphatic hydroxyl groups is 23. The molecule has 94 heavy (non-hydrogen) atoms. The molecule has 8 heterocycles. The van der Waals surface area contributed by atoms with Gasteiger partial charge >= 0.3 is 0 Å². The van der Waals surface area contributed by atoms with Crippen LogP contribution in [0.15, 0.2) is 0 Å². The van der Waals surface area contributed by atoms with Crippen molar-refractivity contribution in [3.8, 4) is 0 Å². The minimum atomic E-state index is -2.44. The van der Waals surface area contributed by atoms with Crippen LogP contribution in [0.1, 0.15) is 20.8 Å². The molecule has 2 amide bonds. The van der Waals surface area contributed by atoms with E-state index in [4.69, 9.17) is 71.1 Å². The third kappa shape index (κ3) is 16.4. The molecular formula is C52H88N2O40. The molecule has 0 unspecified atom stereocenters. The lowest BCUT2D eigenvalue weighted by atomic mass is 9.93. The molecule has 546 valence electrons. The third-order valence-corrected chi connectivity index (χ3v) is 17.4. The number of aliphatic hydroxyl groups excluding tert-OH is 23. The van der Waals surface area contributed by atoms with Crippen LogP contribution in [0, 0.1) is 0 Å². The van der Waals surface area contributed by atoms with E-state index in [1.807, 2.05) is 0 Å². The highest BCUT2D eigenvalue weighted by Crippen LogP contribution is 2.39. The molecule has 0 aliphatic carbocycles. The van der Waals surface area contributed by atoms with Gasteiger partial charge < -0.3 is 199 Å². The van der Waals surface area contributed by atoms with Crippen LogP contribution >= 0.6 is 0 Å². The quantitative estimate of drug-likeness (QED) is 0.0452. The van der Waals surface area contributed by atoms with E-state index < -0.39 is 304 Å². The van der Waals surface area contributed by atoms with E-state index >= 15 is 0 Å². The van der Waals surface area contributed by atoms with Gasteiger partial charge in [0.2, 0.25) is 11.8 Å². The lowest BCUT2D eigenvalue weighted by molar-refractivity contribution is -0.397. The molecule has 0 aromatic carbocycles. The SMILES string of the molecule is CC(=O)N[C@H]1[C@H](O[C@@H]2[C@H](O)[C@H](O[C@H]3[C@H](O)[C@@H](O)[C@H](O)O[C@@H]3CO)O[C@H](CO)[C@H]2O)O[C@H](CO)[C@@H](O[C@@H]2O[C@H](CO)[C@H](O)[C@H](O[C@H]3O[C@H](CO[C@@H]4O[C@H](CO)[C@H](O)[C@H](O)[C@H]4O)[C@H](O)[C@H](O[C@@H]4O[C@H](CO)[C@H](O)[C@H](O)[C@H]4O[C@H]4O[C@H](C)[C@H](O)[C@H](O)[C@H]4O)[C@H]3O)[C@H]2NC(C)=O)[C@@H]1O. The van der Waals surface area contributed by atoms with Crippen LogP contribution in [0.5, 0.6) is 0 Å². The Balaban J connectivity index is 1.08. The maximum Gasteiger partial charge on any atom is 0.217 e. The molecule has 0 aromatic rings. The topological polar surface area (TPSA) is 662 Å². The van der Waals surface area contributed by atoms with Crippen molar-refractivity contribution < 1.29 is 198 Å². The zero-order valence-electron chi connectivity index (χ0n) is 50.3. The summed E-state index contributed by atoms with van der Waals surface area (Å²) in [5.74, 6) is -1.88. The third-order valence-electron chi connectivity index (χ3n) is 17.4. The van der Waals surface area contributed by atoms with Crippen molar-refractivity contribution in [3.63, 3.8) is 0 Å². The molecule has 42 heteroatoms. The van der Waals surface area contributed by atoms with Crippen molar-refractivity contribution >= 4 is 11.8 Å². The van der Waals surface area contributed by atoms with Gasteiger partial charge in [-0.2, -0.15) is 0 Å². The highest BCUT2D eigenvalue weighted by molar-refractivity contribution is 5.73. The Morgan fingerprint density at radius 2 is 0.649 bits per heavy atom. The highest BCUT2D eigenvalue weighted by atomic mass is 16.8. The fourth-order valence-electron chi connectivity index (χ4n) is 12.1. The highest BCUT2D eigenvalue weighted by Gasteiger charge is 2.60. The summed E-state index contributed by atoms with van der Waals surface area (Å²) in [4.78, 5) is 26.1. The fraction of sp³-hybridized carbons (Fsp3) is 0.962. The lowest BCUT2D eigenvalue weighted by Crippen LogP contribution is -2.71. The Hall–Kier alpha value is -2.58. The second-order valence-corrected chi connectivity index (χ2v) is 23.9. The molecule has 0 radical (unpaired) electrons. The normalized spacial score (nSPS) is 51.2. The predicted octanol–water partition coefficient (Wildman–Crippen LogP) is -17.1. The Kier molecular flexibility index (Phi) is 27.3. The van der Waals surface area contributed by atoms with E-state index in [-0.39, 0.29) is 0 Å². The Morgan fingerprint density at radius 3 is 1.21 bits per heavy atom.